The summed E-state index contributed by atoms with van der Waals surface area (Å²) in [6.45, 7) is 2.83. The molecule has 1 aromatic rings. The third kappa shape index (κ3) is 4.03. The average molecular weight is 291 g/mol. The number of rotatable bonds is 6. The summed E-state index contributed by atoms with van der Waals surface area (Å²) in [7, 11) is 0. The van der Waals surface area contributed by atoms with E-state index in [-0.39, 0.29) is 5.91 Å². The molecule has 6 heteroatoms. The van der Waals surface area contributed by atoms with Gasteiger partial charge in [-0.25, -0.2) is 4.98 Å². The fourth-order valence-corrected chi connectivity index (χ4v) is 3.55. The van der Waals surface area contributed by atoms with Gasteiger partial charge in [-0.3, -0.25) is 14.4 Å². The highest BCUT2D eigenvalue weighted by Crippen LogP contribution is 2.20. The first-order valence-electron chi connectivity index (χ1n) is 8.17. The second kappa shape index (κ2) is 7.02. The zero-order chi connectivity index (χ0) is 14.5. The molecule has 1 saturated carbocycles. The van der Waals surface area contributed by atoms with Crippen LogP contribution in [0.5, 0.6) is 0 Å². The maximum Gasteiger partial charge on any atom is 0.221 e. The molecule has 0 spiro atoms. The lowest BCUT2D eigenvalue weighted by atomic mass is 10.2. The van der Waals surface area contributed by atoms with Crippen molar-refractivity contribution in [3.05, 3.63) is 12.7 Å². The van der Waals surface area contributed by atoms with Crippen LogP contribution in [0, 0.1) is 0 Å². The van der Waals surface area contributed by atoms with Crippen molar-refractivity contribution in [1.82, 2.24) is 25.0 Å². The van der Waals surface area contributed by atoms with E-state index in [1.54, 1.807) is 12.7 Å². The Bertz CT molecular complexity index is 441. The number of carbonyl (C=O) groups excluding carboxylic acids is 1. The fraction of sp³-hybridized carbons (Fsp3) is 0.800. The molecular weight excluding hydrogens is 266 g/mol. The highest BCUT2D eigenvalue weighted by atomic mass is 16.1. The van der Waals surface area contributed by atoms with Crippen LogP contribution in [0.15, 0.2) is 12.7 Å². The summed E-state index contributed by atoms with van der Waals surface area (Å²) < 4.78 is 1.89. The first kappa shape index (κ1) is 14.5. The van der Waals surface area contributed by atoms with E-state index < -0.39 is 0 Å². The maximum absolute atomic E-state index is 12.0. The SMILES string of the molecule is O=C(CCN1CCC[C@@H]1Cn1cncn1)NC1CCCC1. The van der Waals surface area contributed by atoms with Crippen molar-refractivity contribution in [2.45, 2.75) is 63.6 Å². The number of hydrogen-bond acceptors (Lipinski definition) is 4. The van der Waals surface area contributed by atoms with Crippen LogP contribution in [-0.4, -0.2) is 50.7 Å². The number of aromatic nitrogens is 3. The van der Waals surface area contributed by atoms with Gasteiger partial charge in [-0.2, -0.15) is 5.10 Å². The number of nitrogens with one attached hydrogen (secondary N) is 1. The topological polar surface area (TPSA) is 63.1 Å². The van der Waals surface area contributed by atoms with E-state index in [4.69, 9.17) is 0 Å². The molecule has 1 aliphatic heterocycles. The molecule has 1 aromatic heterocycles. The number of likely N-dealkylation sites (tertiary alicyclic amines) is 1. The van der Waals surface area contributed by atoms with Gasteiger partial charge < -0.3 is 5.32 Å². The minimum absolute atomic E-state index is 0.216. The van der Waals surface area contributed by atoms with E-state index >= 15 is 0 Å². The lowest BCUT2D eigenvalue weighted by molar-refractivity contribution is -0.122. The molecule has 1 amide bonds. The number of nitrogens with zero attached hydrogens (tertiary/aromatic N) is 4. The second-order valence-corrected chi connectivity index (χ2v) is 6.25. The fourth-order valence-electron chi connectivity index (χ4n) is 3.55. The van der Waals surface area contributed by atoms with Crippen LogP contribution in [0.1, 0.15) is 44.9 Å². The van der Waals surface area contributed by atoms with Gasteiger partial charge in [0, 0.05) is 25.0 Å². The summed E-state index contributed by atoms with van der Waals surface area (Å²) >= 11 is 0. The van der Waals surface area contributed by atoms with E-state index in [1.807, 2.05) is 4.68 Å². The van der Waals surface area contributed by atoms with Crippen molar-refractivity contribution in [3.63, 3.8) is 0 Å². The van der Waals surface area contributed by atoms with E-state index in [2.05, 4.69) is 20.3 Å². The van der Waals surface area contributed by atoms with Crippen LogP contribution >= 0.6 is 0 Å². The Morgan fingerprint density at radius 1 is 1.24 bits per heavy atom. The van der Waals surface area contributed by atoms with Gasteiger partial charge in [0.05, 0.1) is 6.54 Å². The Morgan fingerprint density at radius 2 is 2.10 bits per heavy atom. The van der Waals surface area contributed by atoms with Gasteiger partial charge in [-0.15, -0.1) is 0 Å². The first-order chi connectivity index (χ1) is 10.3. The molecule has 3 rings (SSSR count). The van der Waals surface area contributed by atoms with Crippen molar-refractivity contribution in [1.29, 1.82) is 0 Å². The van der Waals surface area contributed by atoms with Crippen LogP contribution in [0.3, 0.4) is 0 Å². The molecule has 2 aliphatic rings. The lowest BCUT2D eigenvalue weighted by Crippen LogP contribution is -2.38. The average Bonchev–Trinajstić information content (AvgIpc) is 3.19. The molecule has 6 nitrogen and oxygen atoms in total. The molecule has 0 radical (unpaired) electrons. The Hall–Kier alpha value is -1.43. The van der Waals surface area contributed by atoms with Crippen LogP contribution in [-0.2, 0) is 11.3 Å². The molecule has 1 atom stereocenters. The molecule has 1 aliphatic carbocycles. The third-order valence-corrected chi connectivity index (χ3v) is 4.71. The summed E-state index contributed by atoms with van der Waals surface area (Å²) in [6.07, 6.45) is 11.2. The number of amides is 1. The standard InChI is InChI=1S/C15H25N5O/c21-15(18-13-4-1-2-5-13)7-9-19-8-3-6-14(19)10-20-12-16-11-17-20/h11-14H,1-10H2,(H,18,21)/t14-/m1/s1. The molecule has 2 fully saturated rings. The van der Waals surface area contributed by atoms with E-state index in [1.165, 1.54) is 25.7 Å². The summed E-state index contributed by atoms with van der Waals surface area (Å²) in [4.78, 5) is 18.4. The summed E-state index contributed by atoms with van der Waals surface area (Å²) in [5.74, 6) is 0.216. The molecular formula is C15H25N5O. The van der Waals surface area contributed by atoms with Gasteiger partial charge >= 0.3 is 0 Å². The Labute approximate surface area is 125 Å². The van der Waals surface area contributed by atoms with Crippen LogP contribution < -0.4 is 5.32 Å². The van der Waals surface area contributed by atoms with E-state index in [9.17, 15) is 4.79 Å². The molecule has 116 valence electrons. The molecule has 1 N–H and O–H groups in total. The lowest BCUT2D eigenvalue weighted by Gasteiger charge is -2.24. The van der Waals surface area contributed by atoms with E-state index in [0.717, 1.165) is 32.5 Å². The zero-order valence-corrected chi connectivity index (χ0v) is 12.6. The largest absolute Gasteiger partial charge is 0.353 e. The summed E-state index contributed by atoms with van der Waals surface area (Å²) in [6, 6.07) is 0.924. The quantitative estimate of drug-likeness (QED) is 0.855. The van der Waals surface area contributed by atoms with Gasteiger partial charge in [0.25, 0.3) is 0 Å². The summed E-state index contributed by atoms with van der Waals surface area (Å²) in [5.41, 5.74) is 0. The zero-order valence-electron chi connectivity index (χ0n) is 12.6. The third-order valence-electron chi connectivity index (χ3n) is 4.71. The first-order valence-corrected chi connectivity index (χ1v) is 8.17. The smallest absolute Gasteiger partial charge is 0.221 e. The monoisotopic (exact) mass is 291 g/mol. The minimum atomic E-state index is 0.216. The molecule has 1 saturated heterocycles. The van der Waals surface area contributed by atoms with Gasteiger partial charge in [0.15, 0.2) is 0 Å². The number of carbonyl (C=O) groups is 1. The molecule has 0 bridgehead atoms. The molecule has 0 aromatic carbocycles. The van der Waals surface area contributed by atoms with Crippen LogP contribution in [0.4, 0.5) is 0 Å². The van der Waals surface area contributed by atoms with E-state index in [0.29, 0.717) is 18.5 Å². The maximum atomic E-state index is 12.0. The number of hydrogen-bond donors (Lipinski definition) is 1. The van der Waals surface area contributed by atoms with Gasteiger partial charge in [-0.05, 0) is 32.2 Å². The highest BCUT2D eigenvalue weighted by molar-refractivity contribution is 5.76. The Balaban J connectivity index is 1.42. The van der Waals surface area contributed by atoms with Crippen molar-refractivity contribution in [2.24, 2.45) is 0 Å². The normalized spacial score (nSPS) is 23.7. The molecule has 0 unspecified atom stereocenters. The predicted octanol–water partition coefficient (Wildman–Crippen LogP) is 1.19. The second-order valence-electron chi connectivity index (χ2n) is 6.25. The van der Waals surface area contributed by atoms with Crippen molar-refractivity contribution in [3.8, 4) is 0 Å². The van der Waals surface area contributed by atoms with Crippen molar-refractivity contribution in [2.75, 3.05) is 13.1 Å². The molecule has 2 heterocycles. The highest BCUT2D eigenvalue weighted by Gasteiger charge is 2.25. The van der Waals surface area contributed by atoms with Crippen molar-refractivity contribution < 1.29 is 4.79 Å². The van der Waals surface area contributed by atoms with Crippen LogP contribution in [0.25, 0.3) is 0 Å². The Morgan fingerprint density at radius 3 is 2.86 bits per heavy atom. The Kier molecular flexibility index (Phi) is 4.85. The predicted molar refractivity (Wildman–Crippen MR) is 79.6 cm³/mol. The van der Waals surface area contributed by atoms with Gasteiger partial charge in [0.2, 0.25) is 5.91 Å². The summed E-state index contributed by atoms with van der Waals surface area (Å²) in [5, 5.41) is 7.35. The minimum Gasteiger partial charge on any atom is -0.353 e. The van der Waals surface area contributed by atoms with Gasteiger partial charge in [0.1, 0.15) is 12.7 Å². The van der Waals surface area contributed by atoms with Crippen LogP contribution in [0.2, 0.25) is 0 Å². The molecule has 21 heavy (non-hydrogen) atoms. The van der Waals surface area contributed by atoms with Gasteiger partial charge in [-0.1, -0.05) is 12.8 Å². The van der Waals surface area contributed by atoms with Crippen molar-refractivity contribution >= 4 is 5.91 Å².